The molecule has 0 radical (unpaired) electrons. The molecule has 0 bridgehead atoms. The van der Waals surface area contributed by atoms with Crippen molar-refractivity contribution in [1.82, 2.24) is 14.8 Å². The summed E-state index contributed by atoms with van der Waals surface area (Å²) in [7, 11) is -14.5. The van der Waals surface area contributed by atoms with Gasteiger partial charge >= 0.3 is 148 Å². The van der Waals surface area contributed by atoms with Gasteiger partial charge < -0.3 is 33.7 Å². The molecule has 0 aliphatic rings. The van der Waals surface area contributed by atoms with Crippen LogP contribution in [0.15, 0.2) is 119 Å². The van der Waals surface area contributed by atoms with E-state index in [4.69, 9.17) is 4.74 Å². The standard InChI is InChI=1S/C36H27N9O13S4.5Na/c46-19-20-2-9-28-32(14-20)59-36(38-28)44-39-21-3-10-27(31(16-21)58-12-1-13-60(49,50)51)41-42-29-11-8-25-26(34(29)47)15-22(17-33(25)62(55,56)57)40-43-30-18-37-45(35(30)48)23-4-6-24(7-5-23)61(52,53)54;;;;;/h2-10,14-17,46-48H,1,12-13,19H2,(H,49,50,51)(H,52,53,54)(H,55,56,57);;;;;/q-2;5*+1/p-3. The molecule has 22 nitrogen and oxygen atoms in total. The fraction of sp³-hybridized carbons (Fsp3) is 0.111. The minimum Gasteiger partial charge on any atom is -0.748 e. The molecule has 0 atom stereocenters. The van der Waals surface area contributed by atoms with E-state index in [0.717, 1.165) is 39.7 Å². The maximum Gasteiger partial charge on any atom is 1.00 e. The molecule has 0 fully saturated rings. The molecular weight excluding hydrogens is 1010 g/mol. The number of aromatic hydroxyl groups is 2. The van der Waals surface area contributed by atoms with E-state index in [-0.39, 0.29) is 218 Å². The first-order chi connectivity index (χ1) is 29.4. The summed E-state index contributed by atoms with van der Waals surface area (Å²) in [6, 6.07) is 19.5. The Hall–Kier alpha value is -1.65. The summed E-state index contributed by atoms with van der Waals surface area (Å²) in [5.74, 6) is -2.05. The molecule has 31 heteroatoms. The van der Waals surface area contributed by atoms with Gasteiger partial charge in [-0.25, -0.2) is 30.2 Å². The van der Waals surface area contributed by atoms with Gasteiger partial charge in [0.2, 0.25) is 5.13 Å². The van der Waals surface area contributed by atoms with Crippen molar-refractivity contribution in [2.75, 3.05) is 12.4 Å². The van der Waals surface area contributed by atoms with Crippen molar-refractivity contribution >= 4 is 96.2 Å². The number of hydrogen-bond donors (Lipinski definition) is 3. The summed E-state index contributed by atoms with van der Waals surface area (Å²) < 4.78 is 112. The molecule has 0 amide bonds. The topological polar surface area (TPSA) is 346 Å². The van der Waals surface area contributed by atoms with E-state index in [0.29, 0.717) is 16.2 Å². The fourth-order valence-corrected chi connectivity index (χ4v) is 8.02. The van der Waals surface area contributed by atoms with Crippen LogP contribution in [0.1, 0.15) is 12.0 Å². The third kappa shape index (κ3) is 15.9. The van der Waals surface area contributed by atoms with Gasteiger partial charge in [0.15, 0.2) is 0 Å². The Morgan fingerprint density at radius 1 is 0.731 bits per heavy atom. The van der Waals surface area contributed by atoms with E-state index in [1.165, 1.54) is 41.7 Å². The Morgan fingerprint density at radius 3 is 2.07 bits per heavy atom. The average molecular weight is 1030 g/mol. The number of benzene rings is 5. The van der Waals surface area contributed by atoms with Crippen LogP contribution in [0.3, 0.4) is 0 Å². The van der Waals surface area contributed by atoms with Gasteiger partial charge in [-0.2, -0.15) is 27.5 Å². The number of fused-ring (bicyclic) bond motifs is 2. The maximum absolute atomic E-state index is 12.3. The second-order valence-electron chi connectivity index (χ2n) is 12.7. The van der Waals surface area contributed by atoms with Crippen LogP contribution in [0.4, 0.5) is 33.6 Å². The number of rotatable bonds is 15. The second-order valence-corrected chi connectivity index (χ2v) is 17.9. The summed E-state index contributed by atoms with van der Waals surface area (Å²) in [5.41, 5.74) is 0.666. The van der Waals surface area contributed by atoms with Crippen molar-refractivity contribution in [1.29, 1.82) is 0 Å². The zero-order valence-electron chi connectivity index (χ0n) is 35.9. The Labute approximate surface area is 496 Å². The summed E-state index contributed by atoms with van der Waals surface area (Å²) in [6.45, 7) is -0.394. The number of thiazole rings is 1. The molecule has 0 unspecified atom stereocenters. The Morgan fingerprint density at radius 2 is 1.42 bits per heavy atom. The SMILES string of the molecule is O=S(=O)([O-])CCCOc1cc(N=Nc2nc3ccc(CO)cc3s2)ccc1N=Nc1[c-]cc2c(S(=O)(=O)[O-])cc(N=Nc3[c-]nn(-c4ccc(S(=O)(=O)[O-])cc4)c3O)cc2c1O.[Na+].[Na+].[Na+].[Na+].[Na+]. The molecule has 0 saturated carbocycles. The first-order valence-corrected chi connectivity index (χ1v) is 22.5. The molecule has 0 saturated heterocycles. The van der Waals surface area contributed by atoms with Crippen LogP contribution in [-0.2, 0) is 37.0 Å². The van der Waals surface area contributed by atoms with Crippen LogP contribution in [0.2, 0.25) is 0 Å². The molecule has 5 aromatic carbocycles. The largest absolute Gasteiger partial charge is 1.00 e. The first-order valence-electron chi connectivity index (χ1n) is 17.3. The monoisotopic (exact) mass is 1030 g/mol. The smallest absolute Gasteiger partial charge is 0.748 e. The molecule has 2 heterocycles. The van der Waals surface area contributed by atoms with E-state index >= 15 is 0 Å². The van der Waals surface area contributed by atoms with Crippen molar-refractivity contribution in [2.24, 2.45) is 30.7 Å². The van der Waals surface area contributed by atoms with Crippen LogP contribution in [0.5, 0.6) is 17.4 Å². The number of azo groups is 3. The fourth-order valence-electron chi connectivity index (χ4n) is 5.52. The number of phenolic OH excluding ortho intramolecular Hbond substituents is 1. The Balaban J connectivity index is 0.00000308. The van der Waals surface area contributed by atoms with E-state index in [9.17, 15) is 54.2 Å². The summed E-state index contributed by atoms with van der Waals surface area (Å²) >= 11 is 1.23. The molecule has 2 aromatic heterocycles. The quantitative estimate of drug-likeness (QED) is 0.0282. The molecule has 320 valence electrons. The van der Waals surface area contributed by atoms with E-state index in [1.54, 1.807) is 18.2 Å². The van der Waals surface area contributed by atoms with Crippen LogP contribution in [0.25, 0.3) is 26.7 Å². The number of nitrogens with zero attached hydrogens (tertiary/aromatic N) is 9. The minimum absolute atomic E-state index is 0. The van der Waals surface area contributed by atoms with Gasteiger partial charge in [-0.3, -0.25) is 9.78 Å². The second kappa shape index (κ2) is 26.2. The van der Waals surface area contributed by atoms with E-state index in [1.807, 2.05) is 0 Å². The van der Waals surface area contributed by atoms with Crippen LogP contribution >= 0.6 is 11.3 Å². The normalized spacial score (nSPS) is 11.8. The average Bonchev–Trinajstić information content (AvgIpc) is 3.81. The van der Waals surface area contributed by atoms with Crippen molar-refractivity contribution < 1.29 is 207 Å². The zero-order chi connectivity index (χ0) is 44.4. The van der Waals surface area contributed by atoms with Crippen LogP contribution in [-0.4, -0.2) is 81.4 Å². The minimum atomic E-state index is -5.21. The third-order valence-corrected chi connectivity index (χ3v) is 11.8. The van der Waals surface area contributed by atoms with Crippen molar-refractivity contribution in [2.45, 2.75) is 22.8 Å². The molecule has 3 N–H and O–H groups in total. The number of ether oxygens (including phenoxy) is 1. The Bertz CT molecular complexity index is 3320. The molecule has 0 aliphatic carbocycles. The summed E-state index contributed by atoms with van der Waals surface area (Å²) in [6.07, 6.45) is 2.19. The molecule has 7 rings (SSSR count). The zero-order valence-corrected chi connectivity index (χ0v) is 49.2. The molecule has 0 spiro atoms. The summed E-state index contributed by atoms with van der Waals surface area (Å²) in [4.78, 5) is 3.04. The van der Waals surface area contributed by atoms with Crippen molar-refractivity contribution in [3.05, 3.63) is 96.7 Å². The van der Waals surface area contributed by atoms with Gasteiger partial charge in [-0.15, -0.1) is 20.7 Å². The molecular formula is C36H24N9Na5O13S4. The number of aliphatic hydroxyl groups excluding tert-OH is 1. The number of hydrogen-bond acceptors (Lipinski definition) is 22. The van der Waals surface area contributed by atoms with Crippen LogP contribution in [0, 0.1) is 12.3 Å². The molecule has 7 aromatic rings. The van der Waals surface area contributed by atoms with Gasteiger partial charge in [0.25, 0.3) is 0 Å². The predicted molar refractivity (Wildman–Crippen MR) is 214 cm³/mol. The number of aromatic nitrogens is 3. The summed E-state index contributed by atoms with van der Waals surface area (Å²) in [5, 5.41) is 59.2. The predicted octanol–water partition coefficient (Wildman–Crippen LogP) is -8.47. The van der Waals surface area contributed by atoms with Crippen molar-refractivity contribution in [3.8, 4) is 23.1 Å². The first kappa shape index (κ1) is 61.5. The van der Waals surface area contributed by atoms with Gasteiger partial charge in [0, 0.05) is 33.8 Å². The number of aliphatic hydroxyl groups is 1. The van der Waals surface area contributed by atoms with Gasteiger partial charge in [0.05, 0.1) is 55.7 Å². The van der Waals surface area contributed by atoms with Gasteiger partial charge in [-0.05, 0) is 78.3 Å². The van der Waals surface area contributed by atoms with Crippen molar-refractivity contribution in [3.63, 3.8) is 0 Å². The molecule has 67 heavy (non-hydrogen) atoms. The molecule has 0 aliphatic heterocycles. The van der Waals surface area contributed by atoms with Gasteiger partial charge in [-0.1, -0.05) is 29.0 Å². The Kier molecular flexibility index (Phi) is 24.0. The maximum atomic E-state index is 12.3. The van der Waals surface area contributed by atoms with Crippen LogP contribution < -0.4 is 153 Å². The number of phenols is 1. The van der Waals surface area contributed by atoms with E-state index in [2.05, 4.69) is 53.0 Å². The van der Waals surface area contributed by atoms with E-state index < -0.39 is 57.5 Å². The van der Waals surface area contributed by atoms with Gasteiger partial charge in [0.1, 0.15) is 31.7 Å². The third-order valence-electron chi connectivity index (χ3n) is 8.41.